The maximum absolute atomic E-state index is 10.1. The van der Waals surface area contributed by atoms with Crippen molar-refractivity contribution in [3.8, 4) is 0 Å². The second kappa shape index (κ2) is 10.3. The molecule has 0 aromatic heterocycles. The van der Waals surface area contributed by atoms with Gasteiger partial charge in [-0.05, 0) is 7.05 Å². The Balaban J connectivity index is 0.00000312. The van der Waals surface area contributed by atoms with Gasteiger partial charge in [0, 0.05) is 32.7 Å². The third-order valence-corrected chi connectivity index (χ3v) is 4.38. The van der Waals surface area contributed by atoms with Gasteiger partial charge in [-0.15, -0.1) is 0 Å². The van der Waals surface area contributed by atoms with E-state index in [1.165, 1.54) is 7.05 Å². The van der Waals surface area contributed by atoms with Crippen LogP contribution in [0, 0.1) is 0 Å². The summed E-state index contributed by atoms with van der Waals surface area (Å²) in [5, 5.41) is 61.0. The van der Waals surface area contributed by atoms with E-state index in [0.717, 1.165) is 0 Å². The average Bonchev–Trinajstić information content (AvgIpc) is 2.58. The third-order valence-electron chi connectivity index (χ3n) is 4.38. The second-order valence-electron chi connectivity index (χ2n) is 5.89. The maximum Gasteiger partial charge on any atom is 0.176 e. The minimum atomic E-state index is -1.58. The van der Waals surface area contributed by atoms with Gasteiger partial charge in [-0.3, -0.25) is 0 Å². The van der Waals surface area contributed by atoms with Gasteiger partial charge >= 0.3 is 0 Å². The summed E-state index contributed by atoms with van der Waals surface area (Å²) in [5.74, 6) is 0. The molecule has 0 aromatic rings. The second-order valence-corrected chi connectivity index (χ2v) is 5.89. The Morgan fingerprint density at radius 3 is 2.08 bits per heavy atom. The van der Waals surface area contributed by atoms with E-state index in [-0.39, 0.29) is 32.7 Å². The molecule has 8 N–H and O–H groups in total. The fourth-order valence-corrected chi connectivity index (χ4v) is 2.91. The molecule has 2 heterocycles. The minimum absolute atomic E-state index is 0. The summed E-state index contributed by atoms with van der Waals surface area (Å²) in [6.07, 6.45) is -10.4. The molecule has 2 aliphatic rings. The predicted molar refractivity (Wildman–Crippen MR) is 77.6 cm³/mol. The Hall–Kier alpha value is 0.664. The average molecular weight is 442 g/mol. The summed E-state index contributed by atoms with van der Waals surface area (Å²) in [5.41, 5.74) is 7.67. The Morgan fingerprint density at radius 2 is 1.56 bits per heavy atom. The van der Waals surface area contributed by atoms with E-state index in [1.807, 2.05) is 0 Å². The molecule has 12 heteroatoms. The van der Waals surface area contributed by atoms with Crippen LogP contribution < -0.4 is 5.32 Å². The van der Waals surface area contributed by atoms with E-state index in [4.69, 9.17) is 19.9 Å². The normalized spacial score (nSPS) is 48.0. The van der Waals surface area contributed by atoms with Crippen LogP contribution in [0.3, 0.4) is 0 Å². The van der Waals surface area contributed by atoms with Gasteiger partial charge in [0.15, 0.2) is 6.29 Å². The summed E-state index contributed by atoms with van der Waals surface area (Å²) < 4.78 is 16.0. The van der Waals surface area contributed by atoms with Crippen LogP contribution in [0.4, 0.5) is 0 Å². The molecule has 2 fully saturated rings. The number of likely N-dealkylation sites (N-methyl/N-ethyl adjacent to an activating group) is 1. The van der Waals surface area contributed by atoms with Crippen molar-refractivity contribution in [2.24, 2.45) is 0 Å². The molecule has 2 aliphatic heterocycles. The van der Waals surface area contributed by atoms with E-state index >= 15 is 0 Å². The largest absolute Gasteiger partial charge is 0.668 e. The molecule has 0 aliphatic carbocycles. The summed E-state index contributed by atoms with van der Waals surface area (Å²) in [7, 11) is 1.49. The molecule has 0 spiro atoms. The first-order valence-corrected chi connectivity index (χ1v) is 7.64. The maximum atomic E-state index is 10.1. The van der Waals surface area contributed by atoms with E-state index in [9.17, 15) is 30.6 Å². The zero-order valence-electron chi connectivity index (χ0n) is 13.7. The number of hydrogen-bond donors (Lipinski definition) is 7. The smallest absolute Gasteiger partial charge is 0.176 e. The van der Waals surface area contributed by atoms with Gasteiger partial charge in [0.2, 0.25) is 0 Å². The van der Waals surface area contributed by atoms with E-state index in [2.05, 4.69) is 5.32 Å². The van der Waals surface area contributed by atoms with E-state index in [1.54, 1.807) is 0 Å². The number of rotatable bonds is 5. The van der Waals surface area contributed by atoms with Crippen molar-refractivity contribution in [2.75, 3.05) is 20.3 Å². The quantitative estimate of drug-likeness (QED) is 0.221. The van der Waals surface area contributed by atoms with Crippen LogP contribution >= 0.6 is 0 Å². The fourth-order valence-electron chi connectivity index (χ4n) is 2.91. The fraction of sp³-hybridized carbons (Fsp3) is 1.00. The third kappa shape index (κ3) is 4.94. The molecular weight excluding hydrogens is 417 g/mol. The molecule has 0 bridgehead atoms. The number of aliphatic hydroxyl groups is 6. The monoisotopic (exact) mass is 442 g/mol. The van der Waals surface area contributed by atoms with Crippen molar-refractivity contribution < 1.29 is 77.6 Å². The Kier molecular flexibility index (Phi) is 9.74. The standard InChI is InChI=1S/C13H25N2O9.Y/c1-15-7-10(20)8(18)4(2-16)23-13(7)24-11-5(3-17)22-12(21)6(14)9(11)19;/h4-21H,2-3H2,1H3;/q-1;/t4?,5?,6?,7?,8-,9?,10+,11+,12-,13-;/m0./s1. The summed E-state index contributed by atoms with van der Waals surface area (Å²) >= 11 is 0. The van der Waals surface area contributed by atoms with Gasteiger partial charge in [-0.1, -0.05) is 6.04 Å². The number of ether oxygens (including phenoxy) is 3. The molecule has 1 radical (unpaired) electrons. The Morgan fingerprint density at radius 1 is 0.960 bits per heavy atom. The first-order chi connectivity index (χ1) is 11.3. The van der Waals surface area contributed by atoms with Gasteiger partial charge in [-0.25, -0.2) is 0 Å². The van der Waals surface area contributed by atoms with Gasteiger partial charge < -0.3 is 55.9 Å². The minimum Gasteiger partial charge on any atom is -0.668 e. The molecule has 25 heavy (non-hydrogen) atoms. The van der Waals surface area contributed by atoms with Crippen molar-refractivity contribution in [1.82, 2.24) is 5.32 Å². The van der Waals surface area contributed by atoms with Crippen LogP contribution in [0.15, 0.2) is 0 Å². The molecule has 145 valence electrons. The van der Waals surface area contributed by atoms with Gasteiger partial charge in [0.1, 0.15) is 36.8 Å². The molecule has 0 aromatic carbocycles. The zero-order valence-corrected chi connectivity index (χ0v) is 16.5. The summed E-state index contributed by atoms with van der Waals surface area (Å²) in [6.45, 7) is -1.15. The first kappa shape index (κ1) is 23.7. The molecule has 11 nitrogen and oxygen atoms in total. The van der Waals surface area contributed by atoms with Crippen LogP contribution in [0.1, 0.15) is 0 Å². The van der Waals surface area contributed by atoms with Gasteiger partial charge in [0.05, 0.1) is 25.4 Å². The van der Waals surface area contributed by atoms with E-state index < -0.39 is 74.5 Å². The van der Waals surface area contributed by atoms with Crippen molar-refractivity contribution in [1.29, 1.82) is 0 Å². The van der Waals surface area contributed by atoms with Crippen LogP contribution in [0.5, 0.6) is 0 Å². The van der Waals surface area contributed by atoms with Crippen molar-refractivity contribution in [2.45, 2.75) is 61.3 Å². The molecule has 0 amide bonds. The van der Waals surface area contributed by atoms with E-state index in [0.29, 0.717) is 0 Å². The summed E-state index contributed by atoms with van der Waals surface area (Å²) in [4.78, 5) is 0. The topological polar surface area (TPSA) is 185 Å². The molecule has 2 saturated heterocycles. The van der Waals surface area contributed by atoms with Gasteiger partial charge in [-0.2, -0.15) is 0 Å². The molecule has 5 unspecified atom stereocenters. The Bertz CT molecular complexity index is 408. The van der Waals surface area contributed by atoms with Crippen LogP contribution in [-0.4, -0.2) is 112 Å². The number of nitrogens with one attached hydrogen (secondary N) is 2. The van der Waals surface area contributed by atoms with Crippen LogP contribution in [-0.2, 0) is 46.9 Å². The number of aliphatic hydroxyl groups excluding tert-OH is 6. The summed E-state index contributed by atoms with van der Waals surface area (Å²) in [6, 6.07) is -2.32. The zero-order chi connectivity index (χ0) is 18.0. The molecule has 2 rings (SSSR count). The SMILES string of the molecule is CNC1[C@H](O[C@@H]2C(CO)O[C@H](O)C([NH-])C2O)OC(CO)[C@H](O)[C@@H]1O.[Y]. The van der Waals surface area contributed by atoms with Crippen molar-refractivity contribution >= 4 is 0 Å². The van der Waals surface area contributed by atoms with Crippen LogP contribution in [0.2, 0.25) is 0 Å². The van der Waals surface area contributed by atoms with Gasteiger partial charge in [0.25, 0.3) is 0 Å². The molecule has 10 atom stereocenters. The first-order valence-electron chi connectivity index (χ1n) is 7.64. The Labute approximate surface area is 169 Å². The van der Waals surface area contributed by atoms with Crippen molar-refractivity contribution in [3.63, 3.8) is 0 Å². The molecular formula is C13H25N2O9Y-. The predicted octanol–water partition coefficient (Wildman–Crippen LogP) is -4.11. The van der Waals surface area contributed by atoms with Crippen LogP contribution in [0.25, 0.3) is 5.73 Å². The number of hydrogen-bond acceptors (Lipinski definition) is 10. The molecule has 0 saturated carbocycles. The van der Waals surface area contributed by atoms with Crippen molar-refractivity contribution in [3.05, 3.63) is 5.73 Å².